The Morgan fingerprint density at radius 2 is 1.81 bits per heavy atom. The molecular formula is C24H27FN2O4. The number of hydrogen-bond donors (Lipinski definition) is 0. The molecule has 0 radical (unpaired) electrons. The molecule has 1 atom stereocenters. The van der Waals surface area contributed by atoms with Crippen LogP contribution in [0, 0.1) is 5.82 Å². The summed E-state index contributed by atoms with van der Waals surface area (Å²) in [6.45, 7) is 2.90. The molecule has 2 aromatic rings. The quantitative estimate of drug-likeness (QED) is 0.579. The summed E-state index contributed by atoms with van der Waals surface area (Å²) in [5.74, 6) is -1.88. The van der Waals surface area contributed by atoms with E-state index in [-0.39, 0.29) is 37.5 Å². The number of imide groups is 1. The van der Waals surface area contributed by atoms with Gasteiger partial charge in [-0.3, -0.25) is 19.3 Å². The van der Waals surface area contributed by atoms with Gasteiger partial charge in [0.2, 0.25) is 17.7 Å². The van der Waals surface area contributed by atoms with Gasteiger partial charge in [-0.1, -0.05) is 48.5 Å². The van der Waals surface area contributed by atoms with Gasteiger partial charge in [-0.2, -0.15) is 0 Å². The molecule has 1 aliphatic heterocycles. The third-order valence-corrected chi connectivity index (χ3v) is 5.72. The number of ether oxygens (including phenoxy) is 1. The number of carbonyl (C=O) groups is 3. The first kappa shape index (κ1) is 22.6. The highest BCUT2D eigenvalue weighted by atomic mass is 19.1. The van der Waals surface area contributed by atoms with Crippen LogP contribution >= 0.6 is 0 Å². The van der Waals surface area contributed by atoms with Gasteiger partial charge < -0.3 is 9.64 Å². The van der Waals surface area contributed by atoms with Crippen molar-refractivity contribution in [3.8, 4) is 0 Å². The molecule has 1 aliphatic rings. The Kier molecular flexibility index (Phi) is 7.17. The number of hydrogen-bond acceptors (Lipinski definition) is 4. The number of benzene rings is 2. The fourth-order valence-electron chi connectivity index (χ4n) is 4.05. The topological polar surface area (TPSA) is 66.9 Å². The van der Waals surface area contributed by atoms with E-state index >= 15 is 0 Å². The van der Waals surface area contributed by atoms with Crippen LogP contribution in [0.1, 0.15) is 30.9 Å². The summed E-state index contributed by atoms with van der Waals surface area (Å²) in [6.07, 6.45) is -0.520. The number of nitrogens with zero attached hydrogens (tertiary/aromatic N) is 2. The molecule has 31 heavy (non-hydrogen) atoms. The summed E-state index contributed by atoms with van der Waals surface area (Å²) >= 11 is 0. The van der Waals surface area contributed by atoms with Crippen molar-refractivity contribution in [2.24, 2.45) is 0 Å². The van der Waals surface area contributed by atoms with Gasteiger partial charge in [-0.15, -0.1) is 0 Å². The summed E-state index contributed by atoms with van der Waals surface area (Å²) in [5, 5.41) is 0. The minimum atomic E-state index is -1.56. The van der Waals surface area contributed by atoms with Gasteiger partial charge in [0.1, 0.15) is 5.82 Å². The van der Waals surface area contributed by atoms with Gasteiger partial charge in [0.15, 0.2) is 0 Å². The van der Waals surface area contributed by atoms with E-state index in [1.165, 1.54) is 25.3 Å². The Morgan fingerprint density at radius 3 is 2.45 bits per heavy atom. The third kappa shape index (κ3) is 4.66. The fraction of sp³-hybridized carbons (Fsp3) is 0.375. The molecule has 0 saturated carbocycles. The van der Waals surface area contributed by atoms with E-state index in [4.69, 9.17) is 4.74 Å². The number of methoxy groups -OCH3 is 1. The van der Waals surface area contributed by atoms with Crippen molar-refractivity contribution in [1.82, 2.24) is 9.80 Å². The standard InChI is InChI=1S/C24H27FN2O4/c1-3-26(17-18-9-5-4-6-10-18)21(28)15-24(19-11-7-8-12-20(19)25)16-22(29)27(23(24)30)13-14-31-2/h4-12H,3,13-17H2,1-2H3/t24-/m0/s1. The molecule has 3 rings (SSSR count). The Bertz CT molecular complexity index is 950. The van der Waals surface area contributed by atoms with Crippen LogP contribution in [0.25, 0.3) is 0 Å². The molecule has 3 amide bonds. The largest absolute Gasteiger partial charge is 0.383 e. The van der Waals surface area contributed by atoms with Crippen molar-refractivity contribution >= 4 is 17.7 Å². The number of amides is 3. The van der Waals surface area contributed by atoms with Gasteiger partial charge in [-0.05, 0) is 18.6 Å². The second-order valence-electron chi connectivity index (χ2n) is 7.65. The van der Waals surface area contributed by atoms with Gasteiger partial charge in [0.05, 0.1) is 18.6 Å². The Morgan fingerprint density at radius 1 is 1.13 bits per heavy atom. The lowest BCUT2D eigenvalue weighted by Gasteiger charge is -2.30. The highest BCUT2D eigenvalue weighted by Gasteiger charge is 2.55. The van der Waals surface area contributed by atoms with Crippen LogP contribution in [-0.2, 0) is 31.1 Å². The summed E-state index contributed by atoms with van der Waals surface area (Å²) < 4.78 is 19.8. The number of halogens is 1. The Balaban J connectivity index is 1.94. The molecule has 7 heteroatoms. The van der Waals surface area contributed by atoms with E-state index in [9.17, 15) is 18.8 Å². The fourth-order valence-corrected chi connectivity index (χ4v) is 4.05. The summed E-state index contributed by atoms with van der Waals surface area (Å²) in [7, 11) is 1.47. The molecule has 6 nitrogen and oxygen atoms in total. The lowest BCUT2D eigenvalue weighted by Crippen LogP contribution is -2.44. The zero-order chi connectivity index (χ0) is 22.4. The van der Waals surface area contributed by atoms with Crippen molar-refractivity contribution in [2.45, 2.75) is 31.7 Å². The smallest absolute Gasteiger partial charge is 0.241 e. The van der Waals surface area contributed by atoms with E-state index in [1.54, 1.807) is 11.0 Å². The maximum atomic E-state index is 14.8. The van der Waals surface area contributed by atoms with Crippen molar-refractivity contribution in [3.05, 3.63) is 71.5 Å². The molecule has 1 saturated heterocycles. The molecule has 0 bridgehead atoms. The molecule has 1 heterocycles. The summed E-state index contributed by atoms with van der Waals surface area (Å²) in [6, 6.07) is 15.4. The van der Waals surface area contributed by atoms with Crippen molar-refractivity contribution < 1.29 is 23.5 Å². The highest BCUT2D eigenvalue weighted by Crippen LogP contribution is 2.41. The first-order chi connectivity index (χ1) is 14.9. The molecule has 164 valence electrons. The Hall–Kier alpha value is -3.06. The second-order valence-corrected chi connectivity index (χ2v) is 7.65. The summed E-state index contributed by atoms with van der Waals surface area (Å²) in [4.78, 5) is 42.1. The van der Waals surface area contributed by atoms with Crippen LogP contribution in [0.2, 0.25) is 0 Å². The van der Waals surface area contributed by atoms with Crippen molar-refractivity contribution in [1.29, 1.82) is 0 Å². The lowest BCUT2D eigenvalue weighted by molar-refractivity contribution is -0.143. The lowest BCUT2D eigenvalue weighted by atomic mass is 9.75. The Labute approximate surface area is 181 Å². The van der Waals surface area contributed by atoms with Gasteiger partial charge in [-0.25, -0.2) is 4.39 Å². The highest BCUT2D eigenvalue weighted by molar-refractivity contribution is 6.10. The third-order valence-electron chi connectivity index (χ3n) is 5.72. The minimum Gasteiger partial charge on any atom is -0.383 e. The van der Waals surface area contributed by atoms with E-state index < -0.39 is 23.0 Å². The van der Waals surface area contributed by atoms with Crippen LogP contribution in [0.4, 0.5) is 4.39 Å². The number of carbonyl (C=O) groups excluding carboxylic acids is 3. The maximum Gasteiger partial charge on any atom is 0.241 e. The number of rotatable bonds is 9. The van der Waals surface area contributed by atoms with Gasteiger partial charge >= 0.3 is 0 Å². The zero-order valence-corrected chi connectivity index (χ0v) is 17.8. The molecule has 0 aromatic heterocycles. The van der Waals surface area contributed by atoms with Crippen LogP contribution in [0.15, 0.2) is 54.6 Å². The molecular weight excluding hydrogens is 399 g/mol. The molecule has 0 aliphatic carbocycles. The van der Waals surface area contributed by atoms with Crippen LogP contribution in [0.3, 0.4) is 0 Å². The average Bonchev–Trinajstić information content (AvgIpc) is 3.01. The molecule has 0 unspecified atom stereocenters. The molecule has 1 fully saturated rings. The number of likely N-dealkylation sites (tertiary alicyclic amines) is 1. The van der Waals surface area contributed by atoms with Gasteiger partial charge in [0, 0.05) is 38.6 Å². The van der Waals surface area contributed by atoms with Gasteiger partial charge in [0.25, 0.3) is 0 Å². The van der Waals surface area contributed by atoms with E-state index in [0.29, 0.717) is 13.1 Å². The summed E-state index contributed by atoms with van der Waals surface area (Å²) in [5.41, 5.74) is -0.525. The van der Waals surface area contributed by atoms with Crippen LogP contribution in [0.5, 0.6) is 0 Å². The molecule has 0 N–H and O–H groups in total. The van der Waals surface area contributed by atoms with E-state index in [0.717, 1.165) is 10.5 Å². The molecule has 0 spiro atoms. The van der Waals surface area contributed by atoms with Crippen molar-refractivity contribution in [3.63, 3.8) is 0 Å². The van der Waals surface area contributed by atoms with E-state index in [2.05, 4.69) is 0 Å². The monoisotopic (exact) mass is 426 g/mol. The van der Waals surface area contributed by atoms with E-state index in [1.807, 2.05) is 37.3 Å². The average molecular weight is 426 g/mol. The van der Waals surface area contributed by atoms with Crippen molar-refractivity contribution in [2.75, 3.05) is 26.8 Å². The maximum absolute atomic E-state index is 14.8. The van der Waals surface area contributed by atoms with Crippen LogP contribution in [-0.4, -0.2) is 54.3 Å². The first-order valence-electron chi connectivity index (χ1n) is 10.3. The zero-order valence-electron chi connectivity index (χ0n) is 17.8. The predicted octanol–water partition coefficient (Wildman–Crippen LogP) is 2.91. The normalized spacial score (nSPS) is 18.5. The SMILES string of the molecule is CCN(Cc1ccccc1)C(=O)C[C@@]1(c2ccccc2F)CC(=O)N(CCOC)C1=O. The second kappa shape index (κ2) is 9.83. The van der Waals surface area contributed by atoms with Crippen LogP contribution < -0.4 is 0 Å². The minimum absolute atomic E-state index is 0.0695. The first-order valence-corrected chi connectivity index (χ1v) is 10.3. The predicted molar refractivity (Wildman–Crippen MR) is 113 cm³/mol. The molecule has 2 aromatic carbocycles.